The topological polar surface area (TPSA) is 47.8 Å². The first-order valence-corrected chi connectivity index (χ1v) is 5.25. The van der Waals surface area contributed by atoms with Gasteiger partial charge in [-0.3, -0.25) is 4.79 Å². The summed E-state index contributed by atoms with van der Waals surface area (Å²) >= 11 is 1.47. The van der Waals surface area contributed by atoms with Crippen LogP contribution in [0.4, 0.5) is 0 Å². The van der Waals surface area contributed by atoms with Gasteiger partial charge in [0.15, 0.2) is 5.16 Å². The third-order valence-corrected chi connectivity index (χ3v) is 3.10. The Labute approximate surface area is 80.7 Å². The lowest BCUT2D eigenvalue weighted by Gasteiger charge is -1.98. The van der Waals surface area contributed by atoms with Gasteiger partial charge >= 0.3 is 0 Å². The number of carbonyl (C=O) groups excluding carboxylic acids is 1. The molecule has 70 valence electrons. The molecule has 0 saturated heterocycles. The largest absolute Gasteiger partial charge is 0.312 e. The Morgan fingerprint density at radius 3 is 3.08 bits per heavy atom. The number of hydrogen-bond acceptors (Lipinski definition) is 4. The summed E-state index contributed by atoms with van der Waals surface area (Å²) in [6, 6.07) is 0. The predicted octanol–water partition coefficient (Wildman–Crippen LogP) is 0.886. The van der Waals surface area contributed by atoms with Gasteiger partial charge in [0.2, 0.25) is 0 Å². The molecule has 4 nitrogen and oxygen atoms in total. The highest BCUT2D eigenvalue weighted by molar-refractivity contribution is 7.99. The van der Waals surface area contributed by atoms with E-state index in [0.717, 1.165) is 18.0 Å². The molecule has 0 spiro atoms. The molecule has 0 aromatic carbocycles. The lowest BCUT2D eigenvalue weighted by atomic mass is 10.3. The second kappa shape index (κ2) is 3.49. The Balaban J connectivity index is 1.85. The average molecular weight is 197 g/mol. The molecule has 1 aliphatic carbocycles. The Hall–Kier alpha value is -0.840. The van der Waals surface area contributed by atoms with E-state index in [0.29, 0.717) is 17.5 Å². The van der Waals surface area contributed by atoms with Gasteiger partial charge in [0.25, 0.3) is 0 Å². The Bertz CT molecular complexity index is 319. The van der Waals surface area contributed by atoms with Gasteiger partial charge in [-0.2, -0.15) is 0 Å². The number of aryl methyl sites for hydroxylation is 1. The smallest absolute Gasteiger partial charge is 0.191 e. The fourth-order valence-corrected chi connectivity index (χ4v) is 1.92. The zero-order valence-corrected chi connectivity index (χ0v) is 8.25. The van der Waals surface area contributed by atoms with Crippen LogP contribution >= 0.6 is 11.8 Å². The molecule has 1 saturated carbocycles. The van der Waals surface area contributed by atoms with Crippen LogP contribution in [0, 0.1) is 5.92 Å². The molecule has 2 rings (SSSR count). The van der Waals surface area contributed by atoms with Gasteiger partial charge in [-0.1, -0.05) is 11.8 Å². The van der Waals surface area contributed by atoms with Gasteiger partial charge in [0, 0.05) is 13.0 Å². The van der Waals surface area contributed by atoms with E-state index in [9.17, 15) is 4.79 Å². The van der Waals surface area contributed by atoms with Crippen molar-refractivity contribution in [2.24, 2.45) is 13.0 Å². The Kier molecular flexibility index (Phi) is 2.35. The zero-order chi connectivity index (χ0) is 9.26. The first-order valence-electron chi connectivity index (χ1n) is 4.27. The standard InChI is InChI=1S/C8H11N3OS/c1-11-5-9-10-8(11)13-4-7(12)6-2-3-6/h5-6H,2-4H2,1H3. The molecule has 1 aliphatic rings. The van der Waals surface area contributed by atoms with Crippen LogP contribution < -0.4 is 0 Å². The molecule has 0 radical (unpaired) electrons. The fourth-order valence-electron chi connectivity index (χ4n) is 1.06. The summed E-state index contributed by atoms with van der Waals surface area (Å²) in [4.78, 5) is 11.3. The summed E-state index contributed by atoms with van der Waals surface area (Å²) in [6.07, 6.45) is 3.81. The molecule has 0 unspecified atom stereocenters. The number of ketones is 1. The van der Waals surface area contributed by atoms with Crippen molar-refractivity contribution >= 4 is 17.5 Å². The maximum atomic E-state index is 11.3. The zero-order valence-electron chi connectivity index (χ0n) is 7.43. The highest BCUT2D eigenvalue weighted by atomic mass is 32.2. The summed E-state index contributed by atoms with van der Waals surface area (Å²) in [5.41, 5.74) is 0. The third-order valence-electron chi connectivity index (χ3n) is 2.05. The lowest BCUT2D eigenvalue weighted by Crippen LogP contribution is -2.04. The second-order valence-corrected chi connectivity index (χ2v) is 4.20. The Morgan fingerprint density at radius 2 is 2.54 bits per heavy atom. The number of hydrogen-bond donors (Lipinski definition) is 0. The van der Waals surface area contributed by atoms with E-state index in [1.807, 2.05) is 11.6 Å². The SMILES string of the molecule is Cn1cnnc1SCC(=O)C1CC1. The Morgan fingerprint density at radius 1 is 1.77 bits per heavy atom. The van der Waals surface area contributed by atoms with Crippen LogP contribution in [0.5, 0.6) is 0 Å². The van der Waals surface area contributed by atoms with Crippen molar-refractivity contribution in [1.82, 2.24) is 14.8 Å². The third kappa shape index (κ3) is 2.09. The van der Waals surface area contributed by atoms with Crippen molar-refractivity contribution in [2.45, 2.75) is 18.0 Å². The molecule has 1 aromatic heterocycles. The van der Waals surface area contributed by atoms with Gasteiger partial charge in [-0.05, 0) is 12.8 Å². The van der Waals surface area contributed by atoms with E-state index in [-0.39, 0.29) is 0 Å². The maximum Gasteiger partial charge on any atom is 0.191 e. The molecule has 5 heteroatoms. The number of thioether (sulfide) groups is 1. The maximum absolute atomic E-state index is 11.3. The van der Waals surface area contributed by atoms with E-state index in [1.54, 1.807) is 6.33 Å². The molecule has 0 aliphatic heterocycles. The van der Waals surface area contributed by atoms with Crippen molar-refractivity contribution in [2.75, 3.05) is 5.75 Å². The van der Waals surface area contributed by atoms with Crippen LogP contribution in [0.2, 0.25) is 0 Å². The predicted molar refractivity (Wildman–Crippen MR) is 49.5 cm³/mol. The molecule has 0 N–H and O–H groups in total. The van der Waals surface area contributed by atoms with Gasteiger partial charge in [-0.15, -0.1) is 10.2 Å². The van der Waals surface area contributed by atoms with Crippen LogP contribution in [0.15, 0.2) is 11.5 Å². The van der Waals surface area contributed by atoms with Crippen molar-refractivity contribution < 1.29 is 4.79 Å². The van der Waals surface area contributed by atoms with Crippen LogP contribution in [-0.2, 0) is 11.8 Å². The van der Waals surface area contributed by atoms with Crippen LogP contribution in [0.25, 0.3) is 0 Å². The monoisotopic (exact) mass is 197 g/mol. The minimum atomic E-state index is 0.348. The average Bonchev–Trinajstić information content (AvgIpc) is 2.88. The van der Waals surface area contributed by atoms with Gasteiger partial charge in [-0.25, -0.2) is 0 Å². The second-order valence-electron chi connectivity index (χ2n) is 3.25. The highest BCUT2D eigenvalue weighted by Gasteiger charge is 2.29. The molecular formula is C8H11N3OS. The van der Waals surface area contributed by atoms with E-state index in [2.05, 4.69) is 10.2 Å². The minimum Gasteiger partial charge on any atom is -0.312 e. The van der Waals surface area contributed by atoms with Crippen molar-refractivity contribution in [3.63, 3.8) is 0 Å². The number of rotatable bonds is 4. The molecule has 1 fully saturated rings. The minimum absolute atomic E-state index is 0.348. The molecule has 13 heavy (non-hydrogen) atoms. The van der Waals surface area contributed by atoms with Crippen LogP contribution in [0.1, 0.15) is 12.8 Å². The number of aromatic nitrogens is 3. The first-order chi connectivity index (χ1) is 6.27. The molecule has 1 heterocycles. The van der Waals surface area contributed by atoms with E-state index in [1.165, 1.54) is 11.8 Å². The van der Waals surface area contributed by atoms with Gasteiger partial charge in [0.1, 0.15) is 12.1 Å². The first kappa shape index (κ1) is 8.74. The summed E-state index contributed by atoms with van der Waals surface area (Å²) < 4.78 is 1.82. The van der Waals surface area contributed by atoms with Crippen LogP contribution in [-0.4, -0.2) is 26.3 Å². The summed E-state index contributed by atoms with van der Waals surface area (Å²) in [5.74, 6) is 1.24. The normalized spacial score (nSPS) is 16.1. The van der Waals surface area contributed by atoms with Gasteiger partial charge in [0.05, 0.1) is 5.75 Å². The van der Waals surface area contributed by atoms with Gasteiger partial charge < -0.3 is 4.57 Å². The quantitative estimate of drug-likeness (QED) is 0.672. The van der Waals surface area contributed by atoms with Crippen molar-refractivity contribution in [3.8, 4) is 0 Å². The fraction of sp³-hybridized carbons (Fsp3) is 0.625. The van der Waals surface area contributed by atoms with E-state index >= 15 is 0 Å². The molecular weight excluding hydrogens is 186 g/mol. The lowest BCUT2D eigenvalue weighted by molar-refractivity contribution is -0.117. The number of Topliss-reactive ketones (excluding diaryl/α,β-unsaturated/α-hetero) is 1. The molecule has 0 bridgehead atoms. The number of nitrogens with zero attached hydrogens (tertiary/aromatic N) is 3. The van der Waals surface area contributed by atoms with E-state index < -0.39 is 0 Å². The molecule has 0 atom stereocenters. The summed E-state index contributed by atoms with van der Waals surface area (Å²) in [5, 5.41) is 8.45. The van der Waals surface area contributed by atoms with Crippen molar-refractivity contribution in [1.29, 1.82) is 0 Å². The number of carbonyl (C=O) groups is 1. The van der Waals surface area contributed by atoms with E-state index in [4.69, 9.17) is 0 Å². The summed E-state index contributed by atoms with van der Waals surface area (Å²) in [6.45, 7) is 0. The summed E-state index contributed by atoms with van der Waals surface area (Å²) in [7, 11) is 1.88. The van der Waals surface area contributed by atoms with Crippen LogP contribution in [0.3, 0.4) is 0 Å². The molecule has 0 amide bonds. The highest BCUT2D eigenvalue weighted by Crippen LogP contribution is 2.31. The van der Waals surface area contributed by atoms with Crippen molar-refractivity contribution in [3.05, 3.63) is 6.33 Å². The molecule has 1 aromatic rings.